The van der Waals surface area contributed by atoms with Gasteiger partial charge in [0.15, 0.2) is 0 Å². The van der Waals surface area contributed by atoms with Crippen LogP contribution in [0.3, 0.4) is 0 Å². The average Bonchev–Trinajstić information content (AvgIpc) is 3.59. The molecule has 3 saturated heterocycles. The number of benzene rings is 2. The fourth-order valence-corrected chi connectivity index (χ4v) is 8.32. The average molecular weight is 645 g/mol. The van der Waals surface area contributed by atoms with Crippen LogP contribution in [0.4, 0.5) is 0 Å². The van der Waals surface area contributed by atoms with E-state index in [1.54, 1.807) is 18.2 Å². The van der Waals surface area contributed by atoms with Crippen molar-refractivity contribution in [1.29, 1.82) is 0 Å². The minimum atomic E-state index is -0.996. The van der Waals surface area contributed by atoms with Crippen molar-refractivity contribution >= 4 is 52.5 Å². The van der Waals surface area contributed by atoms with Crippen LogP contribution >= 0.6 is 22.9 Å². The van der Waals surface area contributed by atoms with Gasteiger partial charge >= 0.3 is 0 Å². The number of rotatable bonds is 5. The minimum Gasteiger partial charge on any atom is -0.338 e. The van der Waals surface area contributed by atoms with Gasteiger partial charge in [0.25, 0.3) is 17.7 Å². The molecule has 4 aliphatic rings. The molecule has 0 aliphatic carbocycles. The maximum atomic E-state index is 13.6. The van der Waals surface area contributed by atoms with Crippen molar-refractivity contribution < 1.29 is 24.0 Å². The number of hydrogen-bond acceptors (Lipinski definition) is 7. The van der Waals surface area contributed by atoms with E-state index in [-0.39, 0.29) is 29.7 Å². The normalized spacial score (nSPS) is 21.8. The summed E-state index contributed by atoms with van der Waals surface area (Å²) < 4.78 is 0.637. The number of halogens is 1. The van der Waals surface area contributed by atoms with Crippen LogP contribution < -0.4 is 5.32 Å². The Morgan fingerprint density at radius 2 is 1.60 bits per heavy atom. The van der Waals surface area contributed by atoms with Crippen molar-refractivity contribution in [2.75, 3.05) is 26.2 Å². The van der Waals surface area contributed by atoms with Crippen LogP contribution in [-0.4, -0.2) is 76.5 Å². The molecule has 0 saturated carbocycles. The third-order valence-corrected chi connectivity index (χ3v) is 11.1. The van der Waals surface area contributed by atoms with Crippen LogP contribution in [0.5, 0.6) is 0 Å². The smallest absolute Gasteiger partial charge is 0.263 e. The number of amides is 5. The highest BCUT2D eigenvalue weighted by molar-refractivity contribution is 7.18. The molecule has 1 aromatic heterocycles. The van der Waals surface area contributed by atoms with Gasteiger partial charge in [-0.1, -0.05) is 41.9 Å². The third kappa shape index (κ3) is 5.60. The van der Waals surface area contributed by atoms with Gasteiger partial charge in [0.05, 0.1) is 20.3 Å². The summed E-state index contributed by atoms with van der Waals surface area (Å²) >= 11 is 7.38. The largest absolute Gasteiger partial charge is 0.338 e. The molecule has 7 rings (SSSR count). The molecule has 1 N–H and O–H groups in total. The summed E-state index contributed by atoms with van der Waals surface area (Å²) in [5.41, 5.74) is 3.47. The summed E-state index contributed by atoms with van der Waals surface area (Å²) in [4.78, 5) is 70.1. The van der Waals surface area contributed by atoms with E-state index in [2.05, 4.69) is 22.3 Å². The van der Waals surface area contributed by atoms with Crippen molar-refractivity contribution in [3.8, 4) is 11.1 Å². The van der Waals surface area contributed by atoms with Gasteiger partial charge in [0, 0.05) is 26.1 Å². The molecule has 1 unspecified atom stereocenters. The molecule has 0 radical (unpaired) electrons. The molecule has 3 fully saturated rings. The number of fused-ring (bicyclic) bond motifs is 1. The summed E-state index contributed by atoms with van der Waals surface area (Å²) in [5.74, 6) is -1.94. The molecule has 0 bridgehead atoms. The first-order valence-electron chi connectivity index (χ1n) is 15.4. The Morgan fingerprint density at radius 3 is 2.31 bits per heavy atom. The van der Waals surface area contributed by atoms with Crippen molar-refractivity contribution in [2.45, 2.75) is 51.1 Å². The predicted molar refractivity (Wildman–Crippen MR) is 170 cm³/mol. The zero-order chi connectivity index (χ0) is 31.3. The SMILES string of the molecule is O=C1CCC(N2C(=O)c3cccc(-c4cccc(CN5CCC6(CC5)CCN(C(=O)c5ccc(Cl)s5)CC6)c4)c3C2=O)C(=O)N1. The van der Waals surface area contributed by atoms with Crippen LogP contribution in [0, 0.1) is 5.41 Å². The fraction of sp³-hybridized carbons (Fsp3) is 0.382. The second-order valence-corrected chi connectivity index (χ2v) is 14.3. The first kappa shape index (κ1) is 29.8. The van der Waals surface area contributed by atoms with Crippen molar-refractivity contribution in [2.24, 2.45) is 5.41 Å². The molecular weight excluding hydrogens is 612 g/mol. The quantitative estimate of drug-likeness (QED) is 0.393. The van der Waals surface area contributed by atoms with E-state index in [4.69, 9.17) is 11.6 Å². The van der Waals surface area contributed by atoms with Gasteiger partial charge in [0.2, 0.25) is 11.8 Å². The highest BCUT2D eigenvalue weighted by Gasteiger charge is 2.45. The van der Waals surface area contributed by atoms with Crippen LogP contribution in [0.2, 0.25) is 4.34 Å². The van der Waals surface area contributed by atoms with E-state index in [0.717, 1.165) is 74.4 Å². The van der Waals surface area contributed by atoms with Crippen molar-refractivity contribution in [3.63, 3.8) is 0 Å². The molecular formula is C34H33ClN4O5S. The first-order chi connectivity index (χ1) is 21.7. The van der Waals surface area contributed by atoms with E-state index in [1.165, 1.54) is 11.3 Å². The number of imide groups is 2. The lowest BCUT2D eigenvalue weighted by molar-refractivity contribution is -0.136. The summed E-state index contributed by atoms with van der Waals surface area (Å²) in [6, 6.07) is 15.9. The number of carbonyl (C=O) groups excluding carboxylic acids is 5. The van der Waals surface area contributed by atoms with Gasteiger partial charge in [-0.15, -0.1) is 11.3 Å². The van der Waals surface area contributed by atoms with Gasteiger partial charge in [0.1, 0.15) is 6.04 Å². The van der Waals surface area contributed by atoms with E-state index in [0.29, 0.717) is 20.3 Å². The summed E-state index contributed by atoms with van der Waals surface area (Å²) in [7, 11) is 0. The monoisotopic (exact) mass is 644 g/mol. The Labute approximate surface area is 270 Å². The van der Waals surface area contributed by atoms with Crippen LogP contribution in [0.15, 0.2) is 54.6 Å². The summed E-state index contributed by atoms with van der Waals surface area (Å²) in [6.45, 7) is 4.29. The molecule has 9 nitrogen and oxygen atoms in total. The molecule has 3 aromatic rings. The van der Waals surface area contributed by atoms with E-state index in [9.17, 15) is 24.0 Å². The standard InChI is InChI=1S/C34H33ClN4O5S/c35-27-9-8-26(45-27)32(43)38-17-13-34(14-18-38)11-15-37(16-12-34)20-21-3-1-4-22(19-21)23-5-2-6-24-29(23)33(44)39(31(24)42)25-7-10-28(40)36-30(25)41/h1-6,8-9,19,25H,7,10-18,20H2,(H,36,40,41). The highest BCUT2D eigenvalue weighted by Crippen LogP contribution is 2.42. The lowest BCUT2D eigenvalue weighted by atomic mass is 9.71. The Balaban J connectivity index is 1.00. The topological polar surface area (TPSA) is 107 Å². The Hall–Kier alpha value is -3.86. The van der Waals surface area contributed by atoms with Crippen LogP contribution in [-0.2, 0) is 16.1 Å². The van der Waals surface area contributed by atoms with Gasteiger partial charge in [-0.2, -0.15) is 0 Å². The maximum Gasteiger partial charge on any atom is 0.263 e. The minimum absolute atomic E-state index is 0.0814. The number of likely N-dealkylation sites (tertiary alicyclic amines) is 2. The molecule has 1 spiro atoms. The molecule has 5 amide bonds. The van der Waals surface area contributed by atoms with Gasteiger partial charge in [-0.25, -0.2) is 0 Å². The van der Waals surface area contributed by atoms with E-state index in [1.807, 2.05) is 29.2 Å². The summed E-state index contributed by atoms with van der Waals surface area (Å²) in [6.07, 6.45) is 4.43. The van der Waals surface area contributed by atoms with Crippen molar-refractivity contribution in [1.82, 2.24) is 20.0 Å². The maximum absolute atomic E-state index is 13.6. The van der Waals surface area contributed by atoms with Crippen LogP contribution in [0.1, 0.15) is 74.5 Å². The molecule has 11 heteroatoms. The lowest BCUT2D eigenvalue weighted by Gasteiger charge is -2.47. The van der Waals surface area contributed by atoms with Gasteiger partial charge in [-0.3, -0.25) is 39.1 Å². The molecule has 5 heterocycles. The number of nitrogens with zero attached hydrogens (tertiary/aromatic N) is 3. The second-order valence-electron chi connectivity index (χ2n) is 12.5. The highest BCUT2D eigenvalue weighted by atomic mass is 35.5. The lowest BCUT2D eigenvalue weighted by Crippen LogP contribution is -2.54. The number of carbonyl (C=O) groups is 5. The number of hydrogen-bond donors (Lipinski definition) is 1. The van der Waals surface area contributed by atoms with Crippen LogP contribution in [0.25, 0.3) is 11.1 Å². The van der Waals surface area contributed by atoms with Gasteiger partial charge in [-0.05, 0) is 91.6 Å². The van der Waals surface area contributed by atoms with Crippen molar-refractivity contribution in [3.05, 3.63) is 80.5 Å². The third-order valence-electron chi connectivity index (χ3n) is 9.92. The second kappa shape index (κ2) is 11.8. The predicted octanol–water partition coefficient (Wildman–Crippen LogP) is 4.99. The van der Waals surface area contributed by atoms with Gasteiger partial charge < -0.3 is 4.90 Å². The number of nitrogens with one attached hydrogen (secondary N) is 1. The Bertz CT molecular complexity index is 1720. The summed E-state index contributed by atoms with van der Waals surface area (Å²) in [5, 5.41) is 2.25. The number of piperidine rings is 3. The Morgan fingerprint density at radius 1 is 0.889 bits per heavy atom. The fourth-order valence-electron chi connectivity index (χ4n) is 7.31. The zero-order valence-electron chi connectivity index (χ0n) is 24.7. The molecule has 45 heavy (non-hydrogen) atoms. The molecule has 2 aromatic carbocycles. The van der Waals surface area contributed by atoms with E-state index >= 15 is 0 Å². The first-order valence-corrected chi connectivity index (χ1v) is 16.6. The zero-order valence-corrected chi connectivity index (χ0v) is 26.3. The van der Waals surface area contributed by atoms with E-state index < -0.39 is 29.7 Å². The Kier molecular flexibility index (Phi) is 7.83. The molecule has 232 valence electrons. The molecule has 1 atom stereocenters. The number of thiophene rings is 1. The molecule has 4 aliphatic heterocycles.